The standard InChI is InChI=1S/C32H37F3N6O2S/c1-22(42)20-40-16-12-23(13-17-40)38-27-7-3-8-29-26(27)18-24(41(29)21-32(33,34)35)6-4-14-36-28-11-10-25(19-30(28)43-2)44-39-31-9-5-15-37-31/h3,5,7-11,18-19,22-23,36,38,42H,12-17,20-21H2,1-2H3,(H,37,39). The number of likely N-dealkylation sites (tertiary alicyclic amines) is 1. The first-order valence-electron chi connectivity index (χ1n) is 14.6. The number of methoxy groups -OCH3 is 1. The number of aromatic nitrogens is 1. The molecule has 1 atom stereocenters. The van der Waals surface area contributed by atoms with Gasteiger partial charge in [0.05, 0.1) is 43.2 Å². The number of nitrogens with zero attached hydrogens (tertiary/aromatic N) is 3. The van der Waals surface area contributed by atoms with Crippen LogP contribution in [0.1, 0.15) is 25.5 Å². The molecule has 1 fully saturated rings. The summed E-state index contributed by atoms with van der Waals surface area (Å²) < 4.78 is 50.9. The number of anilines is 2. The molecule has 2 aliphatic heterocycles. The van der Waals surface area contributed by atoms with Gasteiger partial charge in [-0.2, -0.15) is 13.2 Å². The number of aliphatic imine (C=N–C) groups is 1. The third kappa shape index (κ3) is 8.43. The van der Waals surface area contributed by atoms with Crippen molar-refractivity contribution in [3.63, 3.8) is 0 Å². The number of alkyl halides is 3. The molecule has 234 valence electrons. The predicted molar refractivity (Wildman–Crippen MR) is 172 cm³/mol. The molecule has 1 saturated heterocycles. The first-order valence-corrected chi connectivity index (χ1v) is 15.4. The lowest BCUT2D eigenvalue weighted by Crippen LogP contribution is -2.41. The second kappa shape index (κ2) is 14.3. The van der Waals surface area contributed by atoms with Crippen molar-refractivity contribution in [1.82, 2.24) is 14.2 Å². The highest BCUT2D eigenvalue weighted by Crippen LogP contribution is 2.32. The van der Waals surface area contributed by atoms with E-state index in [2.05, 4.69) is 37.1 Å². The zero-order valence-corrected chi connectivity index (χ0v) is 25.6. The van der Waals surface area contributed by atoms with Gasteiger partial charge in [0.2, 0.25) is 0 Å². The van der Waals surface area contributed by atoms with E-state index in [0.29, 0.717) is 35.4 Å². The average Bonchev–Trinajstić information content (AvgIpc) is 3.63. The van der Waals surface area contributed by atoms with E-state index in [4.69, 9.17) is 4.74 Å². The van der Waals surface area contributed by atoms with Gasteiger partial charge in [0, 0.05) is 41.6 Å². The Bertz CT molecular complexity index is 1570. The Labute approximate surface area is 259 Å². The normalized spacial score (nSPS) is 16.4. The summed E-state index contributed by atoms with van der Waals surface area (Å²) in [5.41, 5.74) is 2.31. The maximum absolute atomic E-state index is 13.6. The molecule has 3 heterocycles. The molecule has 2 aliphatic rings. The first kappa shape index (κ1) is 31.6. The van der Waals surface area contributed by atoms with E-state index in [1.54, 1.807) is 32.2 Å². The second-order valence-electron chi connectivity index (χ2n) is 10.9. The minimum atomic E-state index is -4.40. The number of aliphatic hydroxyl groups is 1. The monoisotopic (exact) mass is 626 g/mol. The summed E-state index contributed by atoms with van der Waals surface area (Å²) in [5.74, 6) is 7.40. The third-order valence-electron chi connectivity index (χ3n) is 7.43. The average molecular weight is 627 g/mol. The largest absolute Gasteiger partial charge is 0.495 e. The number of ether oxygens (including phenoxy) is 1. The highest BCUT2D eigenvalue weighted by atomic mass is 32.2. The lowest BCUT2D eigenvalue weighted by atomic mass is 10.0. The first-order chi connectivity index (χ1) is 21.2. The van der Waals surface area contributed by atoms with E-state index in [1.807, 2.05) is 36.4 Å². The fourth-order valence-corrected chi connectivity index (χ4v) is 6.07. The summed E-state index contributed by atoms with van der Waals surface area (Å²) in [5, 5.41) is 17.2. The van der Waals surface area contributed by atoms with Crippen LogP contribution >= 0.6 is 11.9 Å². The smallest absolute Gasteiger partial charge is 0.406 e. The number of rotatable bonds is 10. The van der Waals surface area contributed by atoms with Gasteiger partial charge in [-0.15, -0.1) is 0 Å². The number of benzene rings is 2. The minimum Gasteiger partial charge on any atom is -0.495 e. The molecule has 1 unspecified atom stereocenters. The Balaban J connectivity index is 1.29. The van der Waals surface area contributed by atoms with E-state index >= 15 is 0 Å². The molecule has 0 aliphatic carbocycles. The number of halogens is 3. The van der Waals surface area contributed by atoms with Crippen LogP contribution in [0.15, 0.2) is 64.5 Å². The summed E-state index contributed by atoms with van der Waals surface area (Å²) in [6, 6.07) is 13.0. The van der Waals surface area contributed by atoms with Crippen LogP contribution < -0.4 is 20.1 Å². The molecule has 8 nitrogen and oxygen atoms in total. The second-order valence-corrected chi connectivity index (χ2v) is 11.8. The van der Waals surface area contributed by atoms with Gasteiger partial charge in [-0.25, -0.2) is 0 Å². The fraction of sp³-hybridized carbons (Fsp3) is 0.406. The highest BCUT2D eigenvalue weighted by molar-refractivity contribution is 7.98. The SMILES string of the molecule is COc1cc(SNC2=NCC=C2)ccc1NCC#Cc1cc2c(NC3CCN(CC(C)O)CC3)cccc2n1CC(F)(F)F. The van der Waals surface area contributed by atoms with Gasteiger partial charge in [-0.3, -0.25) is 4.99 Å². The molecule has 0 saturated carbocycles. The van der Waals surface area contributed by atoms with Gasteiger partial charge in [-0.1, -0.05) is 18.1 Å². The number of amidine groups is 1. The van der Waals surface area contributed by atoms with Crippen molar-refractivity contribution in [2.75, 3.05) is 50.5 Å². The number of hydrogen-bond donors (Lipinski definition) is 4. The van der Waals surface area contributed by atoms with Crippen molar-refractivity contribution in [1.29, 1.82) is 0 Å². The maximum atomic E-state index is 13.6. The van der Waals surface area contributed by atoms with E-state index < -0.39 is 12.7 Å². The van der Waals surface area contributed by atoms with Crippen LogP contribution in [0.2, 0.25) is 0 Å². The minimum absolute atomic E-state index is 0.194. The van der Waals surface area contributed by atoms with Crippen molar-refractivity contribution < 1.29 is 23.0 Å². The van der Waals surface area contributed by atoms with Gasteiger partial charge in [0.15, 0.2) is 0 Å². The highest BCUT2D eigenvalue weighted by Gasteiger charge is 2.30. The third-order valence-corrected chi connectivity index (χ3v) is 8.23. The predicted octanol–water partition coefficient (Wildman–Crippen LogP) is 5.50. The molecular weight excluding hydrogens is 589 g/mol. The number of aliphatic hydroxyl groups excluding tert-OH is 1. The van der Waals surface area contributed by atoms with Crippen molar-refractivity contribution in [3.05, 3.63) is 60.3 Å². The summed E-state index contributed by atoms with van der Waals surface area (Å²) >= 11 is 1.42. The Kier molecular flexibility index (Phi) is 10.3. The number of piperidine rings is 1. The summed E-state index contributed by atoms with van der Waals surface area (Å²) in [6.45, 7) is 3.90. The van der Waals surface area contributed by atoms with Crippen LogP contribution in [0.3, 0.4) is 0 Å². The molecule has 0 amide bonds. The molecule has 0 radical (unpaired) electrons. The molecular formula is C32H37F3N6O2S. The van der Waals surface area contributed by atoms with Crippen molar-refractivity contribution in [2.24, 2.45) is 4.99 Å². The zero-order chi connectivity index (χ0) is 31.1. The number of nitrogens with one attached hydrogen (secondary N) is 3. The molecule has 0 spiro atoms. The Morgan fingerprint density at radius 1 is 1.16 bits per heavy atom. The lowest BCUT2D eigenvalue weighted by molar-refractivity contribution is -0.140. The summed E-state index contributed by atoms with van der Waals surface area (Å²) in [4.78, 5) is 7.47. The van der Waals surface area contributed by atoms with Gasteiger partial charge < -0.3 is 34.7 Å². The molecule has 0 bridgehead atoms. The Morgan fingerprint density at radius 2 is 1.98 bits per heavy atom. The van der Waals surface area contributed by atoms with Gasteiger partial charge in [0.1, 0.15) is 18.1 Å². The van der Waals surface area contributed by atoms with Crippen LogP contribution in [0.5, 0.6) is 5.75 Å². The quantitative estimate of drug-likeness (QED) is 0.175. The number of fused-ring (bicyclic) bond motifs is 1. The topological polar surface area (TPSA) is 86.1 Å². The molecule has 3 aromatic rings. The van der Waals surface area contributed by atoms with Gasteiger partial charge in [-0.05, 0) is 80.1 Å². The van der Waals surface area contributed by atoms with Gasteiger partial charge in [0.25, 0.3) is 0 Å². The van der Waals surface area contributed by atoms with E-state index in [1.165, 1.54) is 16.5 Å². The number of β-amino-alcohol motifs (C(OH)–C–C–N with tert-alkyl or cyclic N) is 1. The maximum Gasteiger partial charge on any atom is 0.406 e. The Morgan fingerprint density at radius 3 is 2.68 bits per heavy atom. The zero-order valence-electron chi connectivity index (χ0n) is 24.7. The van der Waals surface area contributed by atoms with Crippen LogP contribution in [0, 0.1) is 11.8 Å². The van der Waals surface area contributed by atoms with E-state index in [-0.39, 0.29) is 18.7 Å². The van der Waals surface area contributed by atoms with E-state index in [9.17, 15) is 18.3 Å². The van der Waals surface area contributed by atoms with Crippen LogP contribution in [-0.4, -0.2) is 78.6 Å². The number of hydrogen-bond acceptors (Lipinski definition) is 8. The Hall–Kier alpha value is -3.79. The summed E-state index contributed by atoms with van der Waals surface area (Å²) in [7, 11) is 1.58. The molecule has 2 aromatic carbocycles. The van der Waals surface area contributed by atoms with E-state index in [0.717, 1.165) is 48.0 Å². The fourth-order valence-electron chi connectivity index (χ4n) is 5.42. The molecule has 12 heteroatoms. The molecule has 5 rings (SSSR count). The van der Waals surface area contributed by atoms with Crippen molar-refractivity contribution >= 4 is 40.1 Å². The lowest BCUT2D eigenvalue weighted by Gasteiger charge is -2.33. The van der Waals surface area contributed by atoms with Crippen LogP contribution in [0.25, 0.3) is 10.9 Å². The van der Waals surface area contributed by atoms with Crippen molar-refractivity contribution in [3.8, 4) is 17.6 Å². The van der Waals surface area contributed by atoms with Crippen molar-refractivity contribution in [2.45, 2.75) is 49.5 Å². The molecule has 44 heavy (non-hydrogen) atoms. The molecule has 4 N–H and O–H groups in total. The van der Waals surface area contributed by atoms with Gasteiger partial charge >= 0.3 is 6.18 Å². The van der Waals surface area contributed by atoms with Crippen LogP contribution in [-0.2, 0) is 6.54 Å². The summed E-state index contributed by atoms with van der Waals surface area (Å²) in [6.07, 6.45) is 0.898. The molecule has 1 aromatic heterocycles. The van der Waals surface area contributed by atoms with Crippen LogP contribution in [0.4, 0.5) is 24.5 Å².